The van der Waals surface area contributed by atoms with E-state index >= 15 is 0 Å². The smallest absolute Gasteiger partial charge is 0.410 e. The topological polar surface area (TPSA) is 74.4 Å². The molecule has 1 aromatic heterocycles. The Balaban J connectivity index is 1.54. The molecule has 3 aromatic carbocycles. The van der Waals surface area contributed by atoms with Crippen molar-refractivity contribution in [3.63, 3.8) is 0 Å². The third kappa shape index (κ3) is 4.72. The second kappa shape index (κ2) is 9.64. The van der Waals surface area contributed by atoms with Gasteiger partial charge in [-0.1, -0.05) is 42.3 Å². The minimum Gasteiger partial charge on any atom is -0.410 e. The number of H-pyrrole nitrogens is 1. The number of nitrogens with zero attached hydrogens (tertiary/aromatic N) is 1. The quantitative estimate of drug-likeness (QED) is 0.313. The van der Waals surface area contributed by atoms with Crippen molar-refractivity contribution < 1.29 is 14.3 Å². The average molecular weight is 508 g/mol. The number of carbonyl (C=O) groups is 2. The van der Waals surface area contributed by atoms with E-state index in [0.29, 0.717) is 40.9 Å². The lowest BCUT2D eigenvalue weighted by Crippen LogP contribution is -2.42. The molecule has 1 unspecified atom stereocenters. The van der Waals surface area contributed by atoms with Crippen molar-refractivity contribution >= 4 is 51.8 Å². The van der Waals surface area contributed by atoms with Crippen LogP contribution >= 0.6 is 23.2 Å². The number of hydrogen-bond acceptors (Lipinski definition) is 3. The summed E-state index contributed by atoms with van der Waals surface area (Å²) in [6.45, 7) is 2.28. The first-order valence-electron chi connectivity index (χ1n) is 11.4. The van der Waals surface area contributed by atoms with Gasteiger partial charge in [-0.25, -0.2) is 4.79 Å². The van der Waals surface area contributed by atoms with E-state index in [1.54, 1.807) is 36.1 Å². The van der Waals surface area contributed by atoms with Crippen molar-refractivity contribution in [1.82, 2.24) is 9.88 Å². The van der Waals surface area contributed by atoms with Crippen LogP contribution in [-0.4, -0.2) is 28.4 Å². The molecule has 0 aliphatic carbocycles. The molecule has 0 saturated heterocycles. The Morgan fingerprint density at radius 2 is 1.74 bits per heavy atom. The molecule has 6 nitrogen and oxygen atoms in total. The van der Waals surface area contributed by atoms with Gasteiger partial charge in [0, 0.05) is 45.3 Å². The lowest BCUT2D eigenvalue weighted by atomic mass is 9.92. The molecule has 0 spiro atoms. The second-order valence-corrected chi connectivity index (χ2v) is 9.27. The lowest BCUT2D eigenvalue weighted by molar-refractivity contribution is -0.115. The maximum absolute atomic E-state index is 13.3. The molecule has 8 heteroatoms. The zero-order valence-electron chi connectivity index (χ0n) is 19.0. The summed E-state index contributed by atoms with van der Waals surface area (Å²) in [6.07, 6.45) is 0.602. The Hall–Kier alpha value is -3.48. The van der Waals surface area contributed by atoms with E-state index in [0.717, 1.165) is 27.7 Å². The molecule has 1 atom stereocenters. The van der Waals surface area contributed by atoms with Gasteiger partial charge in [-0.2, -0.15) is 0 Å². The van der Waals surface area contributed by atoms with Crippen LogP contribution < -0.4 is 10.1 Å². The highest BCUT2D eigenvalue weighted by Gasteiger charge is 2.35. The Kier molecular flexibility index (Phi) is 6.41. The lowest BCUT2D eigenvalue weighted by Gasteiger charge is -2.35. The zero-order chi connectivity index (χ0) is 24.5. The van der Waals surface area contributed by atoms with Crippen LogP contribution in [0.25, 0.3) is 10.9 Å². The number of halogens is 2. The molecule has 35 heavy (non-hydrogen) atoms. The largest absolute Gasteiger partial charge is 0.416 e. The summed E-state index contributed by atoms with van der Waals surface area (Å²) in [5, 5.41) is 5.14. The van der Waals surface area contributed by atoms with Crippen LogP contribution in [-0.2, 0) is 11.2 Å². The number of benzene rings is 3. The minimum absolute atomic E-state index is 0.0571. The molecule has 0 saturated carbocycles. The van der Waals surface area contributed by atoms with Gasteiger partial charge >= 0.3 is 6.09 Å². The average Bonchev–Trinajstić information content (AvgIpc) is 3.23. The molecule has 5 rings (SSSR count). The zero-order valence-corrected chi connectivity index (χ0v) is 20.5. The van der Waals surface area contributed by atoms with Gasteiger partial charge in [0.25, 0.3) is 0 Å². The molecule has 2 heterocycles. The number of fused-ring (bicyclic) bond motifs is 3. The summed E-state index contributed by atoms with van der Waals surface area (Å²) in [6, 6.07) is 19.6. The van der Waals surface area contributed by atoms with Crippen molar-refractivity contribution in [1.29, 1.82) is 0 Å². The number of aromatic nitrogens is 1. The predicted molar refractivity (Wildman–Crippen MR) is 138 cm³/mol. The number of nitrogens with one attached hydrogen (secondary N) is 2. The summed E-state index contributed by atoms with van der Waals surface area (Å²) in [7, 11) is 0. The Bertz CT molecular complexity index is 1400. The first kappa shape index (κ1) is 23.3. The molecule has 178 valence electrons. The van der Waals surface area contributed by atoms with Crippen molar-refractivity contribution in [3.05, 3.63) is 93.6 Å². The normalized spacial score (nSPS) is 15.1. The fourth-order valence-electron chi connectivity index (χ4n) is 4.46. The fraction of sp³-hybridized carbons (Fsp3) is 0.185. The standard InChI is InChI=1S/C27H23Cl2N3O3/c1-2-24(33)30-19-8-3-16(4-9-19)26-25-21(22-15-18(29)7-12-23(22)31-25)13-14-32(26)27(34)35-20-10-5-17(28)6-11-20/h3-12,15,26,31H,2,13-14H2,1H3,(H,30,33). The molecule has 0 bridgehead atoms. The molecular weight excluding hydrogens is 485 g/mol. The van der Waals surface area contributed by atoms with Crippen LogP contribution in [0.15, 0.2) is 66.7 Å². The molecule has 1 aliphatic heterocycles. The molecule has 0 radical (unpaired) electrons. The number of carbonyl (C=O) groups excluding carboxylic acids is 2. The summed E-state index contributed by atoms with van der Waals surface area (Å²) in [5.74, 6) is 0.364. The molecule has 2 amide bonds. The highest BCUT2D eigenvalue weighted by molar-refractivity contribution is 6.31. The summed E-state index contributed by atoms with van der Waals surface area (Å²) < 4.78 is 5.70. The number of ether oxygens (including phenoxy) is 1. The van der Waals surface area contributed by atoms with E-state index in [-0.39, 0.29) is 5.91 Å². The van der Waals surface area contributed by atoms with Gasteiger partial charge in [0.15, 0.2) is 0 Å². The van der Waals surface area contributed by atoms with Crippen LogP contribution in [0.4, 0.5) is 10.5 Å². The van der Waals surface area contributed by atoms with Crippen molar-refractivity contribution in [3.8, 4) is 5.75 Å². The van der Waals surface area contributed by atoms with Gasteiger partial charge in [-0.05, 0) is 72.1 Å². The van der Waals surface area contributed by atoms with Crippen molar-refractivity contribution in [2.45, 2.75) is 25.8 Å². The monoisotopic (exact) mass is 507 g/mol. The number of anilines is 1. The van der Waals surface area contributed by atoms with Crippen LogP contribution in [0.3, 0.4) is 0 Å². The van der Waals surface area contributed by atoms with E-state index in [9.17, 15) is 9.59 Å². The number of aromatic amines is 1. The van der Waals surface area contributed by atoms with Gasteiger partial charge in [0.05, 0.1) is 0 Å². The molecular formula is C27H23Cl2N3O3. The van der Waals surface area contributed by atoms with Gasteiger partial charge in [-0.3, -0.25) is 9.69 Å². The maximum Gasteiger partial charge on any atom is 0.416 e. The van der Waals surface area contributed by atoms with Crippen LogP contribution in [0.5, 0.6) is 5.75 Å². The Labute approximate surface area is 212 Å². The van der Waals surface area contributed by atoms with Gasteiger partial charge in [-0.15, -0.1) is 0 Å². The van der Waals surface area contributed by atoms with Crippen LogP contribution in [0.2, 0.25) is 10.0 Å². The third-order valence-electron chi connectivity index (χ3n) is 6.17. The van der Waals surface area contributed by atoms with Gasteiger partial charge in [0.2, 0.25) is 5.91 Å². The van der Waals surface area contributed by atoms with Crippen LogP contribution in [0.1, 0.15) is 36.2 Å². The Morgan fingerprint density at radius 1 is 1.03 bits per heavy atom. The maximum atomic E-state index is 13.3. The van der Waals surface area contributed by atoms with E-state index in [1.807, 2.05) is 42.5 Å². The molecule has 2 N–H and O–H groups in total. The summed E-state index contributed by atoms with van der Waals surface area (Å²) in [4.78, 5) is 30.4. The first-order chi connectivity index (χ1) is 16.9. The second-order valence-electron chi connectivity index (χ2n) is 8.40. The van der Waals surface area contributed by atoms with E-state index in [1.165, 1.54) is 0 Å². The minimum atomic E-state index is -0.456. The first-order valence-corrected chi connectivity index (χ1v) is 12.1. The SMILES string of the molecule is CCC(=O)Nc1ccc(C2c3[nH]c4ccc(Cl)cc4c3CCN2C(=O)Oc2ccc(Cl)cc2)cc1. The van der Waals surface area contributed by atoms with E-state index in [2.05, 4.69) is 10.3 Å². The third-order valence-corrected chi connectivity index (χ3v) is 6.66. The van der Waals surface area contributed by atoms with Gasteiger partial charge < -0.3 is 15.0 Å². The molecule has 1 aliphatic rings. The van der Waals surface area contributed by atoms with Crippen molar-refractivity contribution in [2.24, 2.45) is 0 Å². The number of amides is 2. The van der Waals surface area contributed by atoms with E-state index < -0.39 is 12.1 Å². The van der Waals surface area contributed by atoms with Crippen LogP contribution in [0, 0.1) is 0 Å². The number of hydrogen-bond donors (Lipinski definition) is 2. The summed E-state index contributed by atoms with van der Waals surface area (Å²) >= 11 is 12.2. The molecule has 4 aromatic rings. The highest BCUT2D eigenvalue weighted by Crippen LogP contribution is 2.39. The fourth-order valence-corrected chi connectivity index (χ4v) is 4.76. The van der Waals surface area contributed by atoms with Crippen molar-refractivity contribution in [2.75, 3.05) is 11.9 Å². The predicted octanol–water partition coefficient (Wildman–Crippen LogP) is 6.97. The Morgan fingerprint density at radius 3 is 2.46 bits per heavy atom. The highest BCUT2D eigenvalue weighted by atomic mass is 35.5. The van der Waals surface area contributed by atoms with E-state index in [4.69, 9.17) is 27.9 Å². The summed E-state index contributed by atoms with van der Waals surface area (Å²) in [5.41, 5.74) is 4.61. The number of rotatable bonds is 4. The molecule has 0 fully saturated rings. The van der Waals surface area contributed by atoms with Gasteiger partial charge in [0.1, 0.15) is 11.8 Å².